The van der Waals surface area contributed by atoms with E-state index in [-0.39, 0.29) is 11.4 Å². The molecular formula is C11H21NO2. The van der Waals surface area contributed by atoms with Gasteiger partial charge in [-0.15, -0.1) is 0 Å². The van der Waals surface area contributed by atoms with Crippen molar-refractivity contribution in [2.75, 3.05) is 26.7 Å². The third kappa shape index (κ3) is 2.08. The SMILES string of the molecule is CCN(CC)CC1(C(=O)OC)CCC1. The minimum Gasteiger partial charge on any atom is -0.469 e. The topological polar surface area (TPSA) is 29.5 Å². The molecule has 0 aliphatic heterocycles. The van der Waals surface area contributed by atoms with Gasteiger partial charge in [0.2, 0.25) is 0 Å². The molecular weight excluding hydrogens is 178 g/mol. The summed E-state index contributed by atoms with van der Waals surface area (Å²) >= 11 is 0. The van der Waals surface area contributed by atoms with Crippen LogP contribution in [0.2, 0.25) is 0 Å². The summed E-state index contributed by atoms with van der Waals surface area (Å²) in [4.78, 5) is 13.9. The maximum Gasteiger partial charge on any atom is 0.313 e. The molecule has 0 aromatic carbocycles. The lowest BCUT2D eigenvalue weighted by Gasteiger charge is -2.41. The predicted octanol–water partition coefficient (Wildman–Crippen LogP) is 1.67. The van der Waals surface area contributed by atoms with Gasteiger partial charge in [-0.2, -0.15) is 0 Å². The lowest BCUT2D eigenvalue weighted by atomic mass is 9.68. The monoisotopic (exact) mass is 199 g/mol. The van der Waals surface area contributed by atoms with Crippen LogP contribution in [-0.4, -0.2) is 37.6 Å². The normalized spacial score (nSPS) is 19.1. The van der Waals surface area contributed by atoms with Crippen molar-refractivity contribution in [3.8, 4) is 0 Å². The van der Waals surface area contributed by atoms with Crippen LogP contribution < -0.4 is 0 Å². The standard InChI is InChI=1S/C11H21NO2/c1-4-12(5-2)9-11(7-6-8-11)10(13)14-3/h4-9H2,1-3H3. The van der Waals surface area contributed by atoms with Crippen LogP contribution in [-0.2, 0) is 9.53 Å². The number of ether oxygens (including phenoxy) is 1. The van der Waals surface area contributed by atoms with Crippen LogP contribution in [0.15, 0.2) is 0 Å². The Morgan fingerprint density at radius 3 is 2.21 bits per heavy atom. The zero-order chi connectivity index (χ0) is 10.6. The Kier molecular flexibility index (Phi) is 3.93. The van der Waals surface area contributed by atoms with E-state index < -0.39 is 0 Å². The fraction of sp³-hybridized carbons (Fsp3) is 0.909. The zero-order valence-corrected chi connectivity index (χ0v) is 9.51. The van der Waals surface area contributed by atoms with Gasteiger partial charge in [-0.1, -0.05) is 20.3 Å². The quantitative estimate of drug-likeness (QED) is 0.631. The van der Waals surface area contributed by atoms with E-state index in [9.17, 15) is 4.79 Å². The summed E-state index contributed by atoms with van der Waals surface area (Å²) in [5, 5.41) is 0. The molecule has 3 nitrogen and oxygen atoms in total. The average molecular weight is 199 g/mol. The van der Waals surface area contributed by atoms with Crippen LogP contribution in [0.1, 0.15) is 33.1 Å². The second-order valence-electron chi connectivity index (χ2n) is 4.09. The Hall–Kier alpha value is -0.570. The molecule has 0 radical (unpaired) electrons. The first kappa shape index (κ1) is 11.5. The van der Waals surface area contributed by atoms with Gasteiger partial charge in [0.05, 0.1) is 12.5 Å². The van der Waals surface area contributed by atoms with Crippen LogP contribution in [0.3, 0.4) is 0 Å². The highest BCUT2D eigenvalue weighted by Gasteiger charge is 2.45. The van der Waals surface area contributed by atoms with Crippen molar-refractivity contribution in [1.29, 1.82) is 0 Å². The Labute approximate surface area is 86.4 Å². The molecule has 14 heavy (non-hydrogen) atoms. The molecule has 0 aromatic heterocycles. The van der Waals surface area contributed by atoms with Crippen LogP contribution in [0, 0.1) is 5.41 Å². The number of hydrogen-bond acceptors (Lipinski definition) is 3. The number of rotatable bonds is 5. The van der Waals surface area contributed by atoms with E-state index in [2.05, 4.69) is 18.7 Å². The highest BCUT2D eigenvalue weighted by molar-refractivity contribution is 5.78. The summed E-state index contributed by atoms with van der Waals surface area (Å²) in [6.07, 6.45) is 3.16. The fourth-order valence-electron chi connectivity index (χ4n) is 2.12. The Bertz CT molecular complexity index is 195. The van der Waals surface area contributed by atoms with Crippen molar-refractivity contribution in [3.63, 3.8) is 0 Å². The van der Waals surface area contributed by atoms with Gasteiger partial charge < -0.3 is 9.64 Å². The van der Waals surface area contributed by atoms with Crippen LogP contribution >= 0.6 is 0 Å². The van der Waals surface area contributed by atoms with Crippen molar-refractivity contribution >= 4 is 5.97 Å². The molecule has 1 saturated carbocycles. The first-order chi connectivity index (χ1) is 6.68. The molecule has 3 heteroatoms. The number of carbonyl (C=O) groups excluding carboxylic acids is 1. The van der Waals surface area contributed by atoms with Crippen LogP contribution in [0.5, 0.6) is 0 Å². The number of esters is 1. The molecule has 0 N–H and O–H groups in total. The van der Waals surface area contributed by atoms with E-state index >= 15 is 0 Å². The smallest absolute Gasteiger partial charge is 0.313 e. The van der Waals surface area contributed by atoms with E-state index in [4.69, 9.17) is 4.74 Å². The second-order valence-corrected chi connectivity index (χ2v) is 4.09. The molecule has 0 spiro atoms. The maximum absolute atomic E-state index is 11.6. The number of hydrogen-bond donors (Lipinski definition) is 0. The summed E-state index contributed by atoms with van der Waals surface area (Å²) in [5.41, 5.74) is -0.180. The van der Waals surface area contributed by atoms with Gasteiger partial charge in [-0.05, 0) is 25.9 Å². The summed E-state index contributed by atoms with van der Waals surface area (Å²) in [6.45, 7) is 7.15. The Morgan fingerprint density at radius 1 is 1.36 bits per heavy atom. The molecule has 0 unspecified atom stereocenters. The van der Waals surface area contributed by atoms with Crippen LogP contribution in [0.25, 0.3) is 0 Å². The van der Waals surface area contributed by atoms with E-state index in [1.165, 1.54) is 7.11 Å². The van der Waals surface area contributed by atoms with E-state index in [1.807, 2.05) is 0 Å². The molecule has 1 aliphatic rings. The lowest BCUT2D eigenvalue weighted by Crippen LogP contribution is -2.48. The number of carbonyl (C=O) groups is 1. The average Bonchev–Trinajstić information content (AvgIpc) is 2.16. The lowest BCUT2D eigenvalue weighted by molar-refractivity contribution is -0.160. The predicted molar refractivity (Wildman–Crippen MR) is 56.1 cm³/mol. The van der Waals surface area contributed by atoms with Gasteiger partial charge in [0, 0.05) is 6.54 Å². The number of nitrogens with zero attached hydrogens (tertiary/aromatic N) is 1. The van der Waals surface area contributed by atoms with Gasteiger partial charge in [-0.3, -0.25) is 4.79 Å². The molecule has 82 valence electrons. The van der Waals surface area contributed by atoms with Gasteiger partial charge >= 0.3 is 5.97 Å². The fourth-order valence-corrected chi connectivity index (χ4v) is 2.12. The highest BCUT2D eigenvalue weighted by atomic mass is 16.5. The van der Waals surface area contributed by atoms with Crippen molar-refractivity contribution in [1.82, 2.24) is 4.90 Å². The summed E-state index contributed by atoms with van der Waals surface area (Å²) in [7, 11) is 1.49. The van der Waals surface area contributed by atoms with E-state index in [0.717, 1.165) is 38.9 Å². The molecule has 0 amide bonds. The van der Waals surface area contributed by atoms with E-state index in [1.54, 1.807) is 0 Å². The molecule has 0 heterocycles. The molecule has 0 bridgehead atoms. The van der Waals surface area contributed by atoms with Gasteiger partial charge in [0.1, 0.15) is 0 Å². The minimum absolute atomic E-state index is 0.0179. The van der Waals surface area contributed by atoms with Gasteiger partial charge in [0.25, 0.3) is 0 Å². The number of methoxy groups -OCH3 is 1. The van der Waals surface area contributed by atoms with E-state index in [0.29, 0.717) is 0 Å². The Balaban J connectivity index is 2.57. The molecule has 0 atom stereocenters. The summed E-state index contributed by atoms with van der Waals surface area (Å²) < 4.78 is 4.88. The maximum atomic E-state index is 11.6. The first-order valence-corrected chi connectivity index (χ1v) is 5.49. The first-order valence-electron chi connectivity index (χ1n) is 5.49. The summed E-state index contributed by atoms with van der Waals surface area (Å²) in [6, 6.07) is 0. The highest BCUT2D eigenvalue weighted by Crippen LogP contribution is 2.42. The molecule has 1 fully saturated rings. The van der Waals surface area contributed by atoms with Gasteiger partial charge in [0.15, 0.2) is 0 Å². The third-order valence-corrected chi connectivity index (χ3v) is 3.35. The summed E-state index contributed by atoms with van der Waals surface area (Å²) in [5.74, 6) is -0.0179. The zero-order valence-electron chi connectivity index (χ0n) is 9.51. The van der Waals surface area contributed by atoms with Crippen molar-refractivity contribution in [3.05, 3.63) is 0 Å². The molecule has 1 rings (SSSR count). The van der Waals surface area contributed by atoms with Crippen molar-refractivity contribution in [2.24, 2.45) is 5.41 Å². The third-order valence-electron chi connectivity index (χ3n) is 3.35. The van der Waals surface area contributed by atoms with Crippen LogP contribution in [0.4, 0.5) is 0 Å². The van der Waals surface area contributed by atoms with Crippen molar-refractivity contribution in [2.45, 2.75) is 33.1 Å². The molecule has 0 aromatic rings. The second kappa shape index (κ2) is 4.78. The molecule has 0 saturated heterocycles. The molecule has 1 aliphatic carbocycles. The Morgan fingerprint density at radius 2 is 1.93 bits per heavy atom. The van der Waals surface area contributed by atoms with Gasteiger partial charge in [-0.25, -0.2) is 0 Å². The largest absolute Gasteiger partial charge is 0.469 e. The minimum atomic E-state index is -0.180. The van der Waals surface area contributed by atoms with Crippen molar-refractivity contribution < 1.29 is 9.53 Å².